The van der Waals surface area contributed by atoms with Crippen LogP contribution < -0.4 is 5.32 Å². The molecule has 0 aliphatic rings. The van der Waals surface area contributed by atoms with Crippen molar-refractivity contribution in [3.63, 3.8) is 0 Å². The van der Waals surface area contributed by atoms with Crippen LogP contribution in [0.3, 0.4) is 0 Å². The summed E-state index contributed by atoms with van der Waals surface area (Å²) >= 11 is 0. The van der Waals surface area contributed by atoms with Crippen molar-refractivity contribution < 1.29 is 9.47 Å². The van der Waals surface area contributed by atoms with E-state index in [1.165, 1.54) is 0 Å². The minimum atomic E-state index is 0.440. The van der Waals surface area contributed by atoms with Crippen LogP contribution in [-0.4, -0.2) is 39.5 Å². The summed E-state index contributed by atoms with van der Waals surface area (Å²) in [5.41, 5.74) is 0. The van der Waals surface area contributed by atoms with Crippen molar-refractivity contribution in [3.8, 4) is 0 Å². The van der Waals surface area contributed by atoms with Gasteiger partial charge in [-0.05, 0) is 12.8 Å². The molecule has 3 heteroatoms. The first-order chi connectivity index (χ1) is 6.22. The molecule has 0 rings (SSSR count). The second-order valence-corrected chi connectivity index (χ2v) is 3.46. The van der Waals surface area contributed by atoms with Crippen molar-refractivity contribution in [3.05, 3.63) is 0 Å². The first-order valence-corrected chi connectivity index (χ1v) is 5.02. The van der Waals surface area contributed by atoms with Crippen molar-refractivity contribution >= 4 is 0 Å². The summed E-state index contributed by atoms with van der Waals surface area (Å²) in [6.45, 7) is 9.65. The molecule has 0 radical (unpaired) electrons. The summed E-state index contributed by atoms with van der Waals surface area (Å²) in [5, 5.41) is 3.40. The van der Waals surface area contributed by atoms with Crippen LogP contribution in [-0.2, 0) is 9.47 Å². The maximum atomic E-state index is 5.38. The van der Waals surface area contributed by atoms with Crippen LogP contribution in [0.25, 0.3) is 0 Å². The zero-order valence-electron chi connectivity index (χ0n) is 9.30. The Hall–Kier alpha value is -0.120. The Bertz CT molecular complexity index is 107. The fraction of sp³-hybridized carbons (Fsp3) is 1.00. The second kappa shape index (κ2) is 8.48. The molecule has 0 fully saturated rings. The predicted octanol–water partition coefficient (Wildman–Crippen LogP) is 1.28. The summed E-state index contributed by atoms with van der Waals surface area (Å²) in [6, 6.07) is 0.440. The minimum Gasteiger partial charge on any atom is -0.383 e. The molecule has 1 N–H and O–H groups in total. The molecule has 0 aromatic carbocycles. The van der Waals surface area contributed by atoms with Crippen molar-refractivity contribution in [1.29, 1.82) is 0 Å². The molecular formula is C10H23NO2. The number of hydrogen-bond donors (Lipinski definition) is 1. The predicted molar refractivity (Wildman–Crippen MR) is 55.0 cm³/mol. The zero-order chi connectivity index (χ0) is 10.1. The SMILES string of the molecule is CCOCC(NCCOC)C(C)C. The molecule has 0 saturated heterocycles. The highest BCUT2D eigenvalue weighted by Crippen LogP contribution is 2.01. The zero-order valence-corrected chi connectivity index (χ0v) is 9.30. The molecule has 0 heterocycles. The average Bonchev–Trinajstić information content (AvgIpc) is 2.10. The van der Waals surface area contributed by atoms with Crippen molar-refractivity contribution in [2.24, 2.45) is 5.92 Å². The molecule has 0 aliphatic heterocycles. The maximum Gasteiger partial charge on any atom is 0.0621 e. The number of methoxy groups -OCH3 is 1. The molecule has 13 heavy (non-hydrogen) atoms. The van der Waals surface area contributed by atoms with Crippen LogP contribution in [0.2, 0.25) is 0 Å². The Labute approximate surface area is 81.8 Å². The summed E-state index contributed by atoms with van der Waals surface area (Å²) in [4.78, 5) is 0. The van der Waals surface area contributed by atoms with E-state index >= 15 is 0 Å². The van der Waals surface area contributed by atoms with Crippen LogP contribution in [0.4, 0.5) is 0 Å². The lowest BCUT2D eigenvalue weighted by Crippen LogP contribution is -2.39. The molecule has 0 aliphatic carbocycles. The van der Waals surface area contributed by atoms with Crippen molar-refractivity contribution in [2.75, 3.05) is 33.5 Å². The smallest absolute Gasteiger partial charge is 0.0621 e. The number of hydrogen-bond acceptors (Lipinski definition) is 3. The third kappa shape index (κ3) is 6.99. The van der Waals surface area contributed by atoms with Gasteiger partial charge in [0.25, 0.3) is 0 Å². The van der Waals surface area contributed by atoms with Crippen LogP contribution in [0.1, 0.15) is 20.8 Å². The largest absolute Gasteiger partial charge is 0.383 e. The van der Waals surface area contributed by atoms with Gasteiger partial charge in [0, 0.05) is 26.3 Å². The number of rotatable bonds is 8. The highest BCUT2D eigenvalue weighted by Gasteiger charge is 2.11. The van der Waals surface area contributed by atoms with Gasteiger partial charge >= 0.3 is 0 Å². The molecule has 0 spiro atoms. The number of nitrogens with one attached hydrogen (secondary N) is 1. The van der Waals surface area contributed by atoms with Crippen LogP contribution in [0.15, 0.2) is 0 Å². The average molecular weight is 189 g/mol. The highest BCUT2D eigenvalue weighted by atomic mass is 16.5. The van der Waals surface area contributed by atoms with E-state index in [4.69, 9.17) is 9.47 Å². The van der Waals surface area contributed by atoms with Gasteiger partial charge in [-0.25, -0.2) is 0 Å². The fourth-order valence-corrected chi connectivity index (χ4v) is 1.08. The lowest BCUT2D eigenvalue weighted by atomic mass is 10.1. The third-order valence-corrected chi connectivity index (χ3v) is 2.02. The summed E-state index contributed by atoms with van der Waals surface area (Å²) in [6.07, 6.45) is 0. The normalized spacial score (nSPS) is 13.6. The molecule has 1 unspecified atom stereocenters. The topological polar surface area (TPSA) is 30.5 Å². The monoisotopic (exact) mass is 189 g/mol. The van der Waals surface area contributed by atoms with Gasteiger partial charge in [-0.15, -0.1) is 0 Å². The Morgan fingerprint density at radius 3 is 2.46 bits per heavy atom. The lowest BCUT2D eigenvalue weighted by molar-refractivity contribution is 0.103. The Kier molecular flexibility index (Phi) is 8.40. The molecule has 0 aromatic heterocycles. The van der Waals surface area contributed by atoms with Gasteiger partial charge in [-0.1, -0.05) is 13.8 Å². The fourth-order valence-electron chi connectivity index (χ4n) is 1.08. The van der Waals surface area contributed by atoms with E-state index in [0.717, 1.165) is 26.4 Å². The quantitative estimate of drug-likeness (QED) is 0.584. The van der Waals surface area contributed by atoms with Crippen LogP contribution in [0, 0.1) is 5.92 Å². The molecule has 0 amide bonds. The molecule has 0 saturated carbocycles. The van der Waals surface area contributed by atoms with Crippen LogP contribution >= 0.6 is 0 Å². The van der Waals surface area contributed by atoms with Gasteiger partial charge in [0.2, 0.25) is 0 Å². The van der Waals surface area contributed by atoms with E-state index in [1.807, 2.05) is 6.92 Å². The minimum absolute atomic E-state index is 0.440. The second-order valence-electron chi connectivity index (χ2n) is 3.46. The molecular weight excluding hydrogens is 166 g/mol. The first kappa shape index (κ1) is 12.9. The number of ether oxygens (including phenoxy) is 2. The van der Waals surface area contributed by atoms with E-state index in [0.29, 0.717) is 12.0 Å². The molecule has 3 nitrogen and oxygen atoms in total. The molecule has 0 aromatic rings. The lowest BCUT2D eigenvalue weighted by Gasteiger charge is -2.21. The maximum absolute atomic E-state index is 5.38. The first-order valence-electron chi connectivity index (χ1n) is 5.02. The summed E-state index contributed by atoms with van der Waals surface area (Å²) in [5.74, 6) is 0.600. The van der Waals surface area contributed by atoms with E-state index in [1.54, 1.807) is 7.11 Å². The van der Waals surface area contributed by atoms with Gasteiger partial charge in [0.1, 0.15) is 0 Å². The Balaban J connectivity index is 3.54. The van der Waals surface area contributed by atoms with E-state index < -0.39 is 0 Å². The van der Waals surface area contributed by atoms with Gasteiger partial charge in [-0.3, -0.25) is 0 Å². The summed E-state index contributed by atoms with van der Waals surface area (Å²) < 4.78 is 10.4. The third-order valence-electron chi connectivity index (χ3n) is 2.02. The summed E-state index contributed by atoms with van der Waals surface area (Å²) in [7, 11) is 1.72. The Morgan fingerprint density at radius 2 is 2.00 bits per heavy atom. The van der Waals surface area contributed by atoms with E-state index in [-0.39, 0.29) is 0 Å². The van der Waals surface area contributed by atoms with Gasteiger partial charge in [-0.2, -0.15) is 0 Å². The van der Waals surface area contributed by atoms with Crippen molar-refractivity contribution in [2.45, 2.75) is 26.8 Å². The highest BCUT2D eigenvalue weighted by molar-refractivity contribution is 4.69. The molecule has 0 bridgehead atoms. The standard InChI is InChI=1S/C10H23NO2/c1-5-13-8-10(9(2)3)11-6-7-12-4/h9-11H,5-8H2,1-4H3. The van der Waals surface area contributed by atoms with E-state index in [9.17, 15) is 0 Å². The van der Waals surface area contributed by atoms with E-state index in [2.05, 4.69) is 19.2 Å². The van der Waals surface area contributed by atoms with Gasteiger partial charge in [0.15, 0.2) is 0 Å². The Morgan fingerprint density at radius 1 is 1.31 bits per heavy atom. The van der Waals surface area contributed by atoms with Gasteiger partial charge < -0.3 is 14.8 Å². The van der Waals surface area contributed by atoms with Crippen molar-refractivity contribution in [1.82, 2.24) is 5.32 Å². The van der Waals surface area contributed by atoms with Crippen LogP contribution in [0.5, 0.6) is 0 Å². The van der Waals surface area contributed by atoms with Gasteiger partial charge in [0.05, 0.1) is 13.2 Å². The molecule has 80 valence electrons. The molecule has 1 atom stereocenters.